The quantitative estimate of drug-likeness (QED) is 0.436. The van der Waals surface area contributed by atoms with Crippen molar-refractivity contribution in [2.24, 2.45) is 0 Å². The zero-order chi connectivity index (χ0) is 19.1. The maximum atomic E-state index is 5.59. The molecule has 0 N–H and O–H groups in total. The third-order valence-electron chi connectivity index (χ3n) is 4.39. The van der Waals surface area contributed by atoms with Crippen LogP contribution in [0, 0.1) is 0 Å². The molecule has 7 heteroatoms. The van der Waals surface area contributed by atoms with E-state index in [9.17, 15) is 0 Å². The van der Waals surface area contributed by atoms with E-state index in [1.807, 2.05) is 66.5 Å². The lowest BCUT2D eigenvalue weighted by Gasteiger charge is -2.20. The fourth-order valence-corrected chi connectivity index (χ4v) is 3.07. The number of ether oxygens (including phenoxy) is 1. The van der Waals surface area contributed by atoms with E-state index in [4.69, 9.17) is 17.0 Å². The molecular weight excluding hydrogens is 358 g/mol. The van der Waals surface area contributed by atoms with E-state index in [-0.39, 0.29) is 0 Å². The lowest BCUT2D eigenvalue weighted by molar-refractivity contribution is 0.415. The highest BCUT2D eigenvalue weighted by atomic mass is 32.1. The summed E-state index contributed by atoms with van der Waals surface area (Å²) < 4.78 is 7.07. The van der Waals surface area contributed by atoms with Crippen LogP contribution in [0.1, 0.15) is 25.1 Å². The van der Waals surface area contributed by atoms with E-state index in [1.165, 1.54) is 0 Å². The summed E-state index contributed by atoms with van der Waals surface area (Å²) in [7, 11) is 3.66. The summed E-state index contributed by atoms with van der Waals surface area (Å²) in [5, 5.41) is 12.1. The lowest BCUT2D eigenvalue weighted by Crippen LogP contribution is -2.24. The van der Waals surface area contributed by atoms with Crippen LogP contribution in [0.4, 0.5) is 5.69 Å². The van der Waals surface area contributed by atoms with Crippen molar-refractivity contribution < 1.29 is 4.74 Å². The van der Waals surface area contributed by atoms with Crippen LogP contribution in [-0.4, -0.2) is 39.4 Å². The molecular formula is C20H23N5OS. The first-order valence-corrected chi connectivity index (χ1v) is 9.33. The van der Waals surface area contributed by atoms with Crippen LogP contribution in [0.3, 0.4) is 0 Å². The molecule has 0 aliphatic carbocycles. The maximum absolute atomic E-state index is 5.59. The van der Waals surface area contributed by atoms with Gasteiger partial charge in [0.15, 0.2) is 5.82 Å². The van der Waals surface area contributed by atoms with E-state index in [0.29, 0.717) is 0 Å². The molecule has 0 aliphatic heterocycles. The number of aromatic nitrogens is 4. The fraction of sp³-hybridized carbons (Fsp3) is 0.300. The summed E-state index contributed by atoms with van der Waals surface area (Å²) in [5.41, 5.74) is 2.01. The van der Waals surface area contributed by atoms with Crippen molar-refractivity contribution in [3.8, 4) is 11.4 Å². The van der Waals surface area contributed by atoms with E-state index < -0.39 is 0 Å². The SMILES string of the molecule is COc1cccc(N(C)C(=S)CCCCc2nnnn2-c2ccccc2)c1. The minimum atomic E-state index is 0.813. The smallest absolute Gasteiger partial charge is 0.156 e. The van der Waals surface area contributed by atoms with Crippen LogP contribution in [0.5, 0.6) is 5.75 Å². The normalized spacial score (nSPS) is 10.6. The van der Waals surface area contributed by atoms with Gasteiger partial charge in [0.05, 0.1) is 17.8 Å². The Morgan fingerprint density at radius 1 is 1.11 bits per heavy atom. The average molecular weight is 382 g/mol. The number of methoxy groups -OCH3 is 1. The van der Waals surface area contributed by atoms with Gasteiger partial charge in [-0.2, -0.15) is 4.68 Å². The molecule has 1 heterocycles. The second kappa shape index (κ2) is 9.23. The number of anilines is 1. The lowest BCUT2D eigenvalue weighted by atomic mass is 10.1. The van der Waals surface area contributed by atoms with E-state index in [0.717, 1.165) is 53.6 Å². The molecule has 3 rings (SSSR count). The molecule has 0 saturated heterocycles. The van der Waals surface area contributed by atoms with Crippen molar-refractivity contribution in [1.82, 2.24) is 20.2 Å². The zero-order valence-corrected chi connectivity index (χ0v) is 16.4. The molecule has 6 nitrogen and oxygen atoms in total. The van der Waals surface area contributed by atoms with Crippen molar-refractivity contribution >= 4 is 22.9 Å². The largest absolute Gasteiger partial charge is 0.497 e. The molecule has 0 radical (unpaired) electrons. The minimum absolute atomic E-state index is 0.813. The Bertz CT molecular complexity index is 881. The summed E-state index contributed by atoms with van der Waals surface area (Å²) in [6.07, 6.45) is 3.61. The van der Waals surface area contributed by atoms with Crippen LogP contribution in [0.15, 0.2) is 54.6 Å². The summed E-state index contributed by atoms with van der Waals surface area (Å²) in [6.45, 7) is 0. The van der Waals surface area contributed by atoms with Gasteiger partial charge in [-0.3, -0.25) is 0 Å². The summed E-state index contributed by atoms with van der Waals surface area (Å²) in [6, 6.07) is 17.8. The zero-order valence-electron chi connectivity index (χ0n) is 15.6. The number of aryl methyl sites for hydroxylation is 1. The van der Waals surface area contributed by atoms with Crippen molar-refractivity contribution in [3.63, 3.8) is 0 Å². The highest BCUT2D eigenvalue weighted by molar-refractivity contribution is 7.80. The van der Waals surface area contributed by atoms with Crippen LogP contribution in [0.2, 0.25) is 0 Å². The number of nitrogens with zero attached hydrogens (tertiary/aromatic N) is 5. The Hall–Kier alpha value is -2.80. The fourth-order valence-electron chi connectivity index (χ4n) is 2.82. The highest BCUT2D eigenvalue weighted by Gasteiger charge is 2.10. The van der Waals surface area contributed by atoms with Gasteiger partial charge >= 0.3 is 0 Å². The van der Waals surface area contributed by atoms with Gasteiger partial charge in [0.25, 0.3) is 0 Å². The predicted octanol–water partition coefficient (Wildman–Crippen LogP) is 3.85. The molecule has 0 atom stereocenters. The first kappa shape index (κ1) is 19.0. The highest BCUT2D eigenvalue weighted by Crippen LogP contribution is 2.21. The molecule has 3 aromatic rings. The van der Waals surface area contributed by atoms with Crippen molar-refractivity contribution in [2.75, 3.05) is 19.1 Å². The van der Waals surface area contributed by atoms with Crippen LogP contribution in [-0.2, 0) is 6.42 Å². The van der Waals surface area contributed by atoms with Crippen LogP contribution in [0.25, 0.3) is 5.69 Å². The van der Waals surface area contributed by atoms with E-state index in [1.54, 1.807) is 11.8 Å². The summed E-state index contributed by atoms with van der Waals surface area (Å²) >= 11 is 5.59. The van der Waals surface area contributed by atoms with Crippen LogP contribution >= 0.6 is 12.2 Å². The monoisotopic (exact) mass is 381 g/mol. The van der Waals surface area contributed by atoms with Gasteiger partial charge in [-0.1, -0.05) is 36.5 Å². The first-order chi connectivity index (χ1) is 13.2. The third-order valence-corrected chi connectivity index (χ3v) is 4.87. The van der Waals surface area contributed by atoms with Crippen molar-refractivity contribution in [3.05, 3.63) is 60.4 Å². The minimum Gasteiger partial charge on any atom is -0.497 e. The average Bonchev–Trinajstić information content (AvgIpc) is 3.19. The molecule has 0 aliphatic rings. The second-order valence-electron chi connectivity index (χ2n) is 6.20. The number of hydrogen-bond donors (Lipinski definition) is 0. The molecule has 0 spiro atoms. The van der Waals surface area contributed by atoms with Gasteiger partial charge in [0.1, 0.15) is 5.75 Å². The molecule has 1 aromatic heterocycles. The Labute approximate surface area is 164 Å². The van der Waals surface area contributed by atoms with E-state index >= 15 is 0 Å². The molecule has 0 saturated carbocycles. The maximum Gasteiger partial charge on any atom is 0.156 e. The Morgan fingerprint density at radius 3 is 2.70 bits per heavy atom. The molecule has 0 fully saturated rings. The first-order valence-electron chi connectivity index (χ1n) is 8.92. The Balaban J connectivity index is 1.50. The van der Waals surface area contributed by atoms with Crippen LogP contribution < -0.4 is 9.64 Å². The third kappa shape index (κ3) is 4.89. The van der Waals surface area contributed by atoms with Gasteiger partial charge in [-0.05, 0) is 54.0 Å². The molecule has 27 heavy (non-hydrogen) atoms. The molecule has 0 amide bonds. The summed E-state index contributed by atoms with van der Waals surface area (Å²) in [4.78, 5) is 2.94. The number of hydrogen-bond acceptors (Lipinski definition) is 5. The number of tetrazole rings is 1. The van der Waals surface area contributed by atoms with Gasteiger partial charge in [-0.15, -0.1) is 5.10 Å². The Kier molecular flexibility index (Phi) is 6.49. The van der Waals surface area contributed by atoms with Gasteiger partial charge < -0.3 is 9.64 Å². The van der Waals surface area contributed by atoms with Gasteiger partial charge in [-0.25, -0.2) is 0 Å². The number of unbranched alkanes of at least 4 members (excludes halogenated alkanes) is 1. The predicted molar refractivity (Wildman–Crippen MR) is 111 cm³/mol. The summed E-state index contributed by atoms with van der Waals surface area (Å²) in [5.74, 6) is 1.70. The van der Waals surface area contributed by atoms with E-state index in [2.05, 4.69) is 15.5 Å². The second-order valence-corrected chi connectivity index (χ2v) is 6.68. The van der Waals surface area contributed by atoms with Gasteiger partial charge in [0, 0.05) is 25.2 Å². The van der Waals surface area contributed by atoms with Gasteiger partial charge in [0.2, 0.25) is 0 Å². The standard InChI is InChI=1S/C20H23N5OS/c1-24(17-11-8-12-18(15-17)26-2)20(27)14-7-6-13-19-21-22-23-25(19)16-9-4-3-5-10-16/h3-5,8-12,15H,6-7,13-14H2,1-2H3. The number of benzene rings is 2. The Morgan fingerprint density at radius 2 is 1.93 bits per heavy atom. The number of thiocarbonyl (C=S) groups is 1. The molecule has 2 aromatic carbocycles. The number of rotatable bonds is 8. The number of para-hydroxylation sites is 1. The van der Waals surface area contributed by atoms with Crippen molar-refractivity contribution in [2.45, 2.75) is 25.7 Å². The topological polar surface area (TPSA) is 56.1 Å². The molecule has 140 valence electrons. The van der Waals surface area contributed by atoms with Crippen molar-refractivity contribution in [1.29, 1.82) is 0 Å². The molecule has 0 bridgehead atoms. The molecule has 0 unspecified atom stereocenters.